The monoisotopic (exact) mass is 305 g/mol. The first-order valence-corrected chi connectivity index (χ1v) is 7.14. The third kappa shape index (κ3) is 3.74. The molecule has 1 atom stereocenters. The van der Waals surface area contributed by atoms with Crippen LogP contribution >= 0.6 is 0 Å². The van der Waals surface area contributed by atoms with E-state index in [9.17, 15) is 9.18 Å². The smallest absolute Gasteiger partial charge is 0.307 e. The summed E-state index contributed by atoms with van der Waals surface area (Å²) in [6, 6.07) is 8.54. The molecule has 0 aliphatic carbocycles. The maximum Gasteiger partial charge on any atom is 0.307 e. The number of hydrogen-bond acceptors (Lipinski definition) is 3. The first kappa shape index (κ1) is 16.2. The summed E-state index contributed by atoms with van der Waals surface area (Å²) in [6.45, 7) is 4.33. The number of benzene rings is 1. The van der Waals surface area contributed by atoms with E-state index in [1.54, 1.807) is 19.9 Å². The molecule has 0 saturated heterocycles. The van der Waals surface area contributed by atoms with Crippen molar-refractivity contribution < 1.29 is 18.7 Å². The molecule has 1 heterocycles. The van der Waals surface area contributed by atoms with Crippen molar-refractivity contribution >= 4 is 5.97 Å². The zero-order valence-electron chi connectivity index (χ0n) is 13.0. The molecule has 0 spiro atoms. The molecule has 0 aliphatic heterocycles. The van der Waals surface area contributed by atoms with E-state index in [2.05, 4.69) is 0 Å². The lowest BCUT2D eigenvalue weighted by molar-refractivity contribution is -0.141. The lowest BCUT2D eigenvalue weighted by Crippen LogP contribution is -2.28. The fourth-order valence-electron chi connectivity index (χ4n) is 2.36. The van der Waals surface area contributed by atoms with Crippen LogP contribution < -0.4 is 0 Å². The highest BCUT2D eigenvalue weighted by molar-refractivity contribution is 5.69. The molecule has 0 aliphatic rings. The molecule has 0 bridgehead atoms. The van der Waals surface area contributed by atoms with Gasteiger partial charge in [0.25, 0.3) is 0 Å². The van der Waals surface area contributed by atoms with Crippen molar-refractivity contribution in [3.8, 4) is 11.3 Å². The fraction of sp³-hybridized carbons (Fsp3) is 0.353. The van der Waals surface area contributed by atoms with Crippen molar-refractivity contribution in [3.05, 3.63) is 47.5 Å². The maximum absolute atomic E-state index is 13.6. The third-order valence-electron chi connectivity index (χ3n) is 3.63. The highest BCUT2D eigenvalue weighted by Gasteiger charge is 2.15. The average molecular weight is 305 g/mol. The molecule has 0 fully saturated rings. The number of carboxylic acid groups (broad SMARTS) is 1. The largest absolute Gasteiger partial charge is 0.481 e. The quantitative estimate of drug-likeness (QED) is 0.887. The van der Waals surface area contributed by atoms with Gasteiger partial charge in [0.1, 0.15) is 17.3 Å². The minimum Gasteiger partial charge on any atom is -0.481 e. The van der Waals surface area contributed by atoms with Gasteiger partial charge in [0, 0.05) is 12.1 Å². The first-order chi connectivity index (χ1) is 10.4. The van der Waals surface area contributed by atoms with E-state index >= 15 is 0 Å². The number of furan rings is 1. The van der Waals surface area contributed by atoms with Crippen LogP contribution in [0, 0.1) is 18.7 Å². The molecular weight excluding hydrogens is 285 g/mol. The van der Waals surface area contributed by atoms with E-state index < -0.39 is 11.9 Å². The number of carboxylic acids is 1. The predicted molar refractivity (Wildman–Crippen MR) is 82.0 cm³/mol. The summed E-state index contributed by atoms with van der Waals surface area (Å²) in [5, 5.41) is 8.92. The van der Waals surface area contributed by atoms with Crippen LogP contribution in [0.4, 0.5) is 4.39 Å². The number of nitrogens with zero attached hydrogens (tertiary/aromatic N) is 1. The van der Waals surface area contributed by atoms with Gasteiger partial charge in [-0.3, -0.25) is 9.69 Å². The van der Waals surface area contributed by atoms with Crippen LogP contribution in [0.2, 0.25) is 0 Å². The summed E-state index contributed by atoms with van der Waals surface area (Å²) in [6.07, 6.45) is 0. The predicted octanol–water partition coefficient (Wildman–Crippen LogP) is 3.55. The summed E-state index contributed by atoms with van der Waals surface area (Å²) in [4.78, 5) is 12.7. The van der Waals surface area contributed by atoms with Crippen molar-refractivity contribution in [3.63, 3.8) is 0 Å². The highest BCUT2D eigenvalue weighted by Crippen LogP contribution is 2.27. The number of rotatable bonds is 6. The van der Waals surface area contributed by atoms with E-state index in [4.69, 9.17) is 9.52 Å². The Morgan fingerprint density at radius 3 is 2.77 bits per heavy atom. The Kier molecular flexibility index (Phi) is 4.98. The highest BCUT2D eigenvalue weighted by atomic mass is 19.1. The van der Waals surface area contributed by atoms with E-state index in [1.165, 1.54) is 6.07 Å². The normalized spacial score (nSPS) is 12.6. The molecule has 22 heavy (non-hydrogen) atoms. The van der Waals surface area contributed by atoms with Gasteiger partial charge in [-0.05, 0) is 37.7 Å². The Hall–Kier alpha value is -2.14. The molecule has 1 unspecified atom stereocenters. The van der Waals surface area contributed by atoms with Crippen LogP contribution in [0.5, 0.6) is 0 Å². The second kappa shape index (κ2) is 6.75. The van der Waals surface area contributed by atoms with Crippen molar-refractivity contribution in [1.82, 2.24) is 4.90 Å². The summed E-state index contributed by atoms with van der Waals surface area (Å²) >= 11 is 0. The molecule has 0 saturated carbocycles. The van der Waals surface area contributed by atoms with Crippen LogP contribution in [0.25, 0.3) is 11.3 Å². The standard InChI is InChI=1S/C17H20FNO3/c1-11(17(20)21)9-19(3)10-13-7-8-16(22-13)14-5-4-6-15(18)12(14)2/h4-8,11H,9-10H2,1-3H3,(H,20,21). The van der Waals surface area contributed by atoms with E-state index in [0.29, 0.717) is 24.4 Å². The molecule has 5 heteroatoms. The van der Waals surface area contributed by atoms with Gasteiger partial charge in [0.05, 0.1) is 12.5 Å². The summed E-state index contributed by atoms with van der Waals surface area (Å²) in [5.41, 5.74) is 1.28. The van der Waals surface area contributed by atoms with Gasteiger partial charge in [-0.1, -0.05) is 19.1 Å². The molecule has 1 aromatic carbocycles. The minimum absolute atomic E-state index is 0.261. The zero-order valence-corrected chi connectivity index (χ0v) is 13.0. The SMILES string of the molecule is Cc1c(F)cccc1-c1ccc(CN(C)CC(C)C(=O)O)o1. The van der Waals surface area contributed by atoms with Gasteiger partial charge >= 0.3 is 5.97 Å². The first-order valence-electron chi connectivity index (χ1n) is 7.14. The second-order valence-electron chi connectivity index (χ2n) is 5.61. The molecule has 2 aromatic rings. The molecule has 0 amide bonds. The van der Waals surface area contributed by atoms with Crippen LogP contribution in [-0.4, -0.2) is 29.6 Å². The van der Waals surface area contributed by atoms with Crippen molar-refractivity contribution in [1.29, 1.82) is 0 Å². The van der Waals surface area contributed by atoms with Gasteiger partial charge in [-0.15, -0.1) is 0 Å². The Morgan fingerprint density at radius 1 is 1.36 bits per heavy atom. The summed E-state index contributed by atoms with van der Waals surface area (Å²) in [5.74, 6) is -0.180. The Bertz CT molecular complexity index is 666. The van der Waals surface area contributed by atoms with Crippen LogP contribution in [0.1, 0.15) is 18.2 Å². The second-order valence-corrected chi connectivity index (χ2v) is 5.61. The van der Waals surface area contributed by atoms with E-state index in [-0.39, 0.29) is 5.82 Å². The zero-order chi connectivity index (χ0) is 16.3. The number of aliphatic carboxylic acids is 1. The van der Waals surface area contributed by atoms with Gasteiger partial charge < -0.3 is 9.52 Å². The topological polar surface area (TPSA) is 53.7 Å². The van der Waals surface area contributed by atoms with Crippen LogP contribution in [-0.2, 0) is 11.3 Å². The molecule has 1 aromatic heterocycles. The molecular formula is C17H20FNO3. The maximum atomic E-state index is 13.6. The molecule has 0 radical (unpaired) electrons. The van der Waals surface area contributed by atoms with Crippen LogP contribution in [0.3, 0.4) is 0 Å². The minimum atomic E-state index is -0.817. The van der Waals surface area contributed by atoms with Crippen molar-refractivity contribution in [2.45, 2.75) is 20.4 Å². The van der Waals surface area contributed by atoms with Gasteiger partial charge in [0.15, 0.2) is 0 Å². The number of carbonyl (C=O) groups is 1. The number of hydrogen-bond donors (Lipinski definition) is 1. The molecule has 118 valence electrons. The summed E-state index contributed by atoms with van der Waals surface area (Å²) < 4.78 is 19.4. The Balaban J connectivity index is 2.08. The Labute approximate surface area is 129 Å². The van der Waals surface area contributed by atoms with E-state index in [1.807, 2.05) is 30.1 Å². The Morgan fingerprint density at radius 2 is 2.09 bits per heavy atom. The average Bonchev–Trinajstić information content (AvgIpc) is 2.89. The van der Waals surface area contributed by atoms with Crippen LogP contribution in [0.15, 0.2) is 34.7 Å². The van der Waals surface area contributed by atoms with Gasteiger partial charge in [0.2, 0.25) is 0 Å². The van der Waals surface area contributed by atoms with Gasteiger partial charge in [-0.2, -0.15) is 0 Å². The fourth-order valence-corrected chi connectivity index (χ4v) is 2.36. The lowest BCUT2D eigenvalue weighted by atomic mass is 10.1. The van der Waals surface area contributed by atoms with Crippen molar-refractivity contribution in [2.24, 2.45) is 5.92 Å². The third-order valence-corrected chi connectivity index (χ3v) is 3.63. The molecule has 2 rings (SSSR count). The van der Waals surface area contributed by atoms with Gasteiger partial charge in [-0.25, -0.2) is 4.39 Å². The van der Waals surface area contributed by atoms with E-state index in [0.717, 1.165) is 11.3 Å². The summed E-state index contributed by atoms with van der Waals surface area (Å²) in [7, 11) is 1.84. The molecule has 4 nitrogen and oxygen atoms in total. The molecule has 1 N–H and O–H groups in total. The van der Waals surface area contributed by atoms with Crippen molar-refractivity contribution in [2.75, 3.05) is 13.6 Å². The lowest BCUT2D eigenvalue weighted by Gasteiger charge is -2.17. The number of halogens is 1.